The van der Waals surface area contributed by atoms with Crippen molar-refractivity contribution in [2.45, 2.75) is 6.54 Å². The van der Waals surface area contributed by atoms with Gasteiger partial charge in [0.25, 0.3) is 0 Å². The molecule has 0 unspecified atom stereocenters. The minimum atomic E-state index is 0.364. The highest BCUT2D eigenvalue weighted by Gasteiger charge is 2.06. The van der Waals surface area contributed by atoms with Crippen LogP contribution in [-0.2, 0) is 6.54 Å². The Morgan fingerprint density at radius 3 is 2.71 bits per heavy atom. The second kappa shape index (κ2) is 3.69. The Morgan fingerprint density at radius 1 is 1.21 bits per heavy atom. The first kappa shape index (κ1) is 9.65. The Bertz CT molecular complexity index is 485. The Hall–Kier alpha value is -0.900. The summed E-state index contributed by atoms with van der Waals surface area (Å²) in [5, 5.41) is 9.68. The van der Waals surface area contributed by atoms with Gasteiger partial charge in [0.15, 0.2) is 0 Å². The largest absolute Gasteiger partial charge is 0.325 e. The fraction of sp³-hybridized carbons (Fsp3) is 0.111. The van der Waals surface area contributed by atoms with Crippen LogP contribution in [0.5, 0.6) is 0 Å². The van der Waals surface area contributed by atoms with Crippen molar-refractivity contribution in [3.63, 3.8) is 0 Å². The molecule has 2 aromatic rings. The van der Waals surface area contributed by atoms with Crippen molar-refractivity contribution in [1.82, 2.24) is 10.2 Å². The van der Waals surface area contributed by atoms with Gasteiger partial charge < -0.3 is 5.73 Å². The van der Waals surface area contributed by atoms with Crippen molar-refractivity contribution in [2.24, 2.45) is 5.73 Å². The molecule has 72 valence electrons. The first-order valence-corrected chi connectivity index (χ1v) is 4.78. The molecule has 2 rings (SSSR count). The first-order chi connectivity index (χ1) is 6.72. The van der Waals surface area contributed by atoms with Crippen molar-refractivity contribution >= 4 is 34.1 Å². The summed E-state index contributed by atoms with van der Waals surface area (Å²) in [6.45, 7) is 0.364. The molecule has 0 fully saturated rings. The van der Waals surface area contributed by atoms with Gasteiger partial charge in [0.2, 0.25) is 0 Å². The van der Waals surface area contributed by atoms with E-state index in [4.69, 9.17) is 28.9 Å². The van der Waals surface area contributed by atoms with Crippen LogP contribution in [0.15, 0.2) is 18.2 Å². The molecule has 0 aliphatic rings. The summed E-state index contributed by atoms with van der Waals surface area (Å²) in [6.07, 6.45) is 0. The van der Waals surface area contributed by atoms with E-state index in [9.17, 15) is 0 Å². The third-order valence-corrected chi connectivity index (χ3v) is 2.70. The second-order valence-corrected chi connectivity index (χ2v) is 3.62. The molecule has 5 heteroatoms. The standard InChI is InChI=1S/C9H7Cl2N3/c10-7-2-1-5-3-6(4-12)13-14-9(5)8(7)11/h1-3H,4,12H2. The van der Waals surface area contributed by atoms with Gasteiger partial charge in [-0.15, -0.1) is 5.10 Å². The van der Waals surface area contributed by atoms with Crippen LogP contribution in [0.25, 0.3) is 10.9 Å². The summed E-state index contributed by atoms with van der Waals surface area (Å²) in [4.78, 5) is 0. The van der Waals surface area contributed by atoms with Crippen molar-refractivity contribution in [3.8, 4) is 0 Å². The summed E-state index contributed by atoms with van der Waals surface area (Å²) >= 11 is 11.8. The summed E-state index contributed by atoms with van der Waals surface area (Å²) < 4.78 is 0. The fourth-order valence-electron chi connectivity index (χ4n) is 1.20. The Balaban J connectivity index is 2.74. The summed E-state index contributed by atoms with van der Waals surface area (Å²) in [5.74, 6) is 0. The molecule has 0 amide bonds. The number of hydrogen-bond donors (Lipinski definition) is 1. The molecule has 3 nitrogen and oxygen atoms in total. The number of hydrogen-bond acceptors (Lipinski definition) is 3. The maximum absolute atomic E-state index is 5.96. The average Bonchev–Trinajstić information content (AvgIpc) is 2.23. The van der Waals surface area contributed by atoms with Gasteiger partial charge in [-0.3, -0.25) is 0 Å². The Labute approximate surface area is 90.8 Å². The van der Waals surface area contributed by atoms with E-state index in [1.165, 1.54) is 0 Å². The highest BCUT2D eigenvalue weighted by Crippen LogP contribution is 2.28. The third-order valence-electron chi connectivity index (χ3n) is 1.91. The molecular formula is C9H7Cl2N3. The van der Waals surface area contributed by atoms with Gasteiger partial charge in [0, 0.05) is 11.9 Å². The van der Waals surface area contributed by atoms with Gasteiger partial charge in [-0.1, -0.05) is 29.3 Å². The number of nitrogens with zero attached hydrogens (tertiary/aromatic N) is 2. The number of fused-ring (bicyclic) bond motifs is 1. The minimum absolute atomic E-state index is 0.364. The van der Waals surface area contributed by atoms with Crippen molar-refractivity contribution in [3.05, 3.63) is 33.9 Å². The molecule has 2 N–H and O–H groups in total. The lowest BCUT2D eigenvalue weighted by Crippen LogP contribution is -2.01. The van der Waals surface area contributed by atoms with E-state index in [1.54, 1.807) is 6.07 Å². The van der Waals surface area contributed by atoms with E-state index in [1.807, 2.05) is 12.1 Å². The predicted octanol–water partition coefficient (Wildman–Crippen LogP) is 2.40. The number of rotatable bonds is 1. The quantitative estimate of drug-likeness (QED) is 0.815. The Morgan fingerprint density at radius 2 is 2.00 bits per heavy atom. The molecule has 1 heterocycles. The van der Waals surface area contributed by atoms with Gasteiger partial charge in [-0.25, -0.2) is 0 Å². The van der Waals surface area contributed by atoms with Crippen LogP contribution in [0.4, 0.5) is 0 Å². The van der Waals surface area contributed by atoms with Crippen LogP contribution in [0, 0.1) is 0 Å². The van der Waals surface area contributed by atoms with Gasteiger partial charge in [-0.05, 0) is 12.1 Å². The molecule has 0 atom stereocenters. The van der Waals surface area contributed by atoms with E-state index in [0.717, 1.165) is 11.1 Å². The number of nitrogens with two attached hydrogens (primary N) is 1. The van der Waals surface area contributed by atoms with E-state index in [0.29, 0.717) is 22.1 Å². The molecule has 0 saturated heterocycles. The molecule has 0 aliphatic carbocycles. The second-order valence-electron chi connectivity index (χ2n) is 2.84. The lowest BCUT2D eigenvalue weighted by molar-refractivity contribution is 0.920. The monoisotopic (exact) mass is 227 g/mol. The number of benzene rings is 1. The van der Waals surface area contributed by atoms with Gasteiger partial charge in [0.1, 0.15) is 5.52 Å². The molecule has 14 heavy (non-hydrogen) atoms. The first-order valence-electron chi connectivity index (χ1n) is 4.03. The maximum Gasteiger partial charge on any atom is 0.113 e. The molecule has 0 radical (unpaired) electrons. The zero-order valence-electron chi connectivity index (χ0n) is 7.17. The summed E-state index contributed by atoms with van der Waals surface area (Å²) in [6, 6.07) is 5.43. The van der Waals surface area contributed by atoms with E-state index >= 15 is 0 Å². The molecule has 0 bridgehead atoms. The van der Waals surface area contributed by atoms with Crippen molar-refractivity contribution < 1.29 is 0 Å². The van der Waals surface area contributed by atoms with Gasteiger partial charge in [0.05, 0.1) is 15.7 Å². The topological polar surface area (TPSA) is 51.8 Å². The van der Waals surface area contributed by atoms with Gasteiger partial charge >= 0.3 is 0 Å². The van der Waals surface area contributed by atoms with Crippen LogP contribution >= 0.6 is 23.2 Å². The molecular weight excluding hydrogens is 221 g/mol. The van der Waals surface area contributed by atoms with E-state index < -0.39 is 0 Å². The van der Waals surface area contributed by atoms with Crippen molar-refractivity contribution in [1.29, 1.82) is 0 Å². The van der Waals surface area contributed by atoms with Crippen LogP contribution < -0.4 is 5.73 Å². The van der Waals surface area contributed by atoms with Gasteiger partial charge in [-0.2, -0.15) is 5.10 Å². The minimum Gasteiger partial charge on any atom is -0.325 e. The lowest BCUT2D eigenvalue weighted by atomic mass is 10.2. The van der Waals surface area contributed by atoms with Crippen molar-refractivity contribution in [2.75, 3.05) is 0 Å². The normalized spacial score (nSPS) is 10.8. The molecule has 0 aliphatic heterocycles. The Kier molecular flexibility index (Phi) is 2.54. The molecule has 0 saturated carbocycles. The fourth-order valence-corrected chi connectivity index (χ4v) is 1.56. The highest BCUT2D eigenvalue weighted by molar-refractivity contribution is 6.44. The average molecular weight is 228 g/mol. The molecule has 0 spiro atoms. The van der Waals surface area contributed by atoms with Crippen LogP contribution in [0.3, 0.4) is 0 Å². The predicted molar refractivity (Wildman–Crippen MR) is 57.4 cm³/mol. The van der Waals surface area contributed by atoms with E-state index in [2.05, 4.69) is 10.2 Å². The van der Waals surface area contributed by atoms with Crippen LogP contribution in [0.1, 0.15) is 5.69 Å². The van der Waals surface area contributed by atoms with E-state index in [-0.39, 0.29) is 0 Å². The lowest BCUT2D eigenvalue weighted by Gasteiger charge is -2.02. The summed E-state index contributed by atoms with van der Waals surface area (Å²) in [7, 11) is 0. The number of halogens is 2. The van der Waals surface area contributed by atoms with Crippen LogP contribution in [0.2, 0.25) is 10.0 Å². The summed E-state index contributed by atoms with van der Waals surface area (Å²) in [5.41, 5.74) is 6.79. The zero-order valence-corrected chi connectivity index (χ0v) is 8.68. The van der Waals surface area contributed by atoms with Crippen LogP contribution in [-0.4, -0.2) is 10.2 Å². The maximum atomic E-state index is 5.96. The molecule has 1 aromatic heterocycles. The molecule has 1 aromatic carbocycles. The smallest absolute Gasteiger partial charge is 0.113 e. The zero-order chi connectivity index (χ0) is 10.1. The number of aromatic nitrogens is 2. The highest BCUT2D eigenvalue weighted by atomic mass is 35.5. The SMILES string of the molecule is NCc1cc2ccc(Cl)c(Cl)c2nn1. The third kappa shape index (κ3) is 1.54.